The van der Waals surface area contributed by atoms with Crippen LogP contribution in [-0.4, -0.2) is 11.7 Å². The van der Waals surface area contributed by atoms with Gasteiger partial charge in [0.15, 0.2) is 0 Å². The van der Waals surface area contributed by atoms with Crippen molar-refractivity contribution in [3.63, 3.8) is 0 Å². The Morgan fingerprint density at radius 3 is 2.46 bits per heavy atom. The van der Waals surface area contributed by atoms with Crippen molar-refractivity contribution in [2.45, 2.75) is 46.5 Å². The van der Waals surface area contributed by atoms with Crippen molar-refractivity contribution >= 4 is 0 Å². The zero-order valence-electron chi connectivity index (χ0n) is 9.29. The number of hydrogen-bond acceptors (Lipinski definition) is 1. The molecule has 1 aliphatic carbocycles. The first-order valence-corrected chi connectivity index (χ1v) is 5.74. The van der Waals surface area contributed by atoms with Crippen molar-refractivity contribution in [1.82, 2.24) is 0 Å². The van der Waals surface area contributed by atoms with Gasteiger partial charge in [-0.3, -0.25) is 0 Å². The largest absolute Gasteiger partial charge is 0.396 e. The highest BCUT2D eigenvalue weighted by Crippen LogP contribution is 2.36. The molecule has 1 nitrogen and oxygen atoms in total. The Hall–Kier alpha value is -0.0400. The van der Waals surface area contributed by atoms with Crippen LogP contribution in [0, 0.1) is 23.7 Å². The lowest BCUT2D eigenvalue weighted by Gasteiger charge is -2.33. The fourth-order valence-electron chi connectivity index (χ4n) is 2.52. The van der Waals surface area contributed by atoms with E-state index in [-0.39, 0.29) is 0 Å². The molecule has 1 fully saturated rings. The molecule has 1 heteroatoms. The van der Waals surface area contributed by atoms with Crippen molar-refractivity contribution < 1.29 is 5.11 Å². The summed E-state index contributed by atoms with van der Waals surface area (Å²) in [6.07, 6.45) is 5.39. The molecular weight excluding hydrogens is 160 g/mol. The molecule has 13 heavy (non-hydrogen) atoms. The molecule has 0 aromatic carbocycles. The number of rotatable bonds is 3. The number of hydrogen-bond donors (Lipinski definition) is 1. The lowest BCUT2D eigenvalue weighted by atomic mass is 9.73. The zero-order valence-corrected chi connectivity index (χ0v) is 9.29. The third kappa shape index (κ3) is 3.30. The van der Waals surface area contributed by atoms with Crippen LogP contribution in [-0.2, 0) is 0 Å². The molecule has 1 N–H and O–H groups in total. The predicted molar refractivity (Wildman–Crippen MR) is 56.5 cm³/mol. The van der Waals surface area contributed by atoms with Gasteiger partial charge in [-0.15, -0.1) is 0 Å². The lowest BCUT2D eigenvalue weighted by Crippen LogP contribution is -2.22. The Bertz CT molecular complexity index is 142. The first kappa shape index (κ1) is 11.0. The molecular formula is C12H24O. The zero-order chi connectivity index (χ0) is 9.84. The van der Waals surface area contributed by atoms with Gasteiger partial charge >= 0.3 is 0 Å². The molecule has 0 radical (unpaired) electrons. The standard InChI is InChI=1S/C12H24O/c1-9(8-13)6-12-5-4-10(2)11(3)7-12/h9-13H,4-8H2,1-3H3. The topological polar surface area (TPSA) is 20.2 Å². The van der Waals surface area contributed by atoms with E-state index in [1.54, 1.807) is 0 Å². The summed E-state index contributed by atoms with van der Waals surface area (Å²) in [4.78, 5) is 0. The Labute approximate surface area is 82.5 Å². The smallest absolute Gasteiger partial charge is 0.0456 e. The summed E-state index contributed by atoms with van der Waals surface area (Å²) in [7, 11) is 0. The van der Waals surface area contributed by atoms with Gasteiger partial charge in [-0.05, 0) is 36.5 Å². The molecule has 1 saturated carbocycles. The summed E-state index contributed by atoms with van der Waals surface area (Å²) in [5.74, 6) is 3.20. The molecule has 0 aliphatic heterocycles. The van der Waals surface area contributed by atoms with Crippen LogP contribution in [0.25, 0.3) is 0 Å². The van der Waals surface area contributed by atoms with Crippen LogP contribution in [0.2, 0.25) is 0 Å². The molecule has 0 bridgehead atoms. The van der Waals surface area contributed by atoms with E-state index < -0.39 is 0 Å². The van der Waals surface area contributed by atoms with E-state index >= 15 is 0 Å². The maximum atomic E-state index is 8.98. The van der Waals surface area contributed by atoms with Crippen molar-refractivity contribution in [2.75, 3.05) is 6.61 Å². The van der Waals surface area contributed by atoms with E-state index in [1.807, 2.05) is 0 Å². The van der Waals surface area contributed by atoms with Crippen molar-refractivity contribution in [2.24, 2.45) is 23.7 Å². The highest BCUT2D eigenvalue weighted by Gasteiger charge is 2.25. The molecule has 0 heterocycles. The van der Waals surface area contributed by atoms with Crippen molar-refractivity contribution in [3.05, 3.63) is 0 Å². The Kier molecular flexibility index (Phi) is 4.24. The van der Waals surface area contributed by atoms with Crippen LogP contribution in [0.5, 0.6) is 0 Å². The molecule has 1 aliphatic rings. The highest BCUT2D eigenvalue weighted by molar-refractivity contribution is 4.76. The van der Waals surface area contributed by atoms with E-state index in [1.165, 1.54) is 25.7 Å². The van der Waals surface area contributed by atoms with Crippen molar-refractivity contribution in [1.29, 1.82) is 0 Å². The molecule has 1 rings (SSSR count). The van der Waals surface area contributed by atoms with E-state index in [4.69, 9.17) is 5.11 Å². The molecule has 0 saturated heterocycles. The Morgan fingerprint density at radius 1 is 1.23 bits per heavy atom. The van der Waals surface area contributed by atoms with E-state index in [9.17, 15) is 0 Å². The van der Waals surface area contributed by atoms with E-state index in [0.717, 1.165) is 17.8 Å². The first-order chi connectivity index (χ1) is 6.13. The first-order valence-electron chi connectivity index (χ1n) is 5.74. The summed E-state index contributed by atoms with van der Waals surface area (Å²) >= 11 is 0. The van der Waals surface area contributed by atoms with Crippen LogP contribution >= 0.6 is 0 Å². The van der Waals surface area contributed by atoms with Crippen LogP contribution < -0.4 is 0 Å². The summed E-state index contributed by atoms with van der Waals surface area (Å²) in [5.41, 5.74) is 0. The number of aliphatic hydroxyl groups excluding tert-OH is 1. The maximum absolute atomic E-state index is 8.98. The van der Waals surface area contributed by atoms with Gasteiger partial charge in [0.1, 0.15) is 0 Å². The summed E-state index contributed by atoms with van der Waals surface area (Å²) in [6, 6.07) is 0. The van der Waals surface area contributed by atoms with Gasteiger partial charge in [-0.25, -0.2) is 0 Å². The normalized spacial score (nSPS) is 37.4. The third-order valence-electron chi connectivity index (χ3n) is 3.75. The average Bonchev–Trinajstić information content (AvgIpc) is 2.11. The quantitative estimate of drug-likeness (QED) is 0.714. The van der Waals surface area contributed by atoms with Gasteiger partial charge in [0, 0.05) is 6.61 Å². The van der Waals surface area contributed by atoms with Gasteiger partial charge in [0.05, 0.1) is 0 Å². The molecule has 4 unspecified atom stereocenters. The van der Waals surface area contributed by atoms with Crippen LogP contribution in [0.1, 0.15) is 46.5 Å². The van der Waals surface area contributed by atoms with Gasteiger partial charge in [-0.2, -0.15) is 0 Å². The fourth-order valence-corrected chi connectivity index (χ4v) is 2.52. The second-order valence-corrected chi connectivity index (χ2v) is 5.16. The van der Waals surface area contributed by atoms with Crippen molar-refractivity contribution in [3.8, 4) is 0 Å². The Morgan fingerprint density at radius 2 is 1.92 bits per heavy atom. The van der Waals surface area contributed by atoms with Crippen LogP contribution in [0.4, 0.5) is 0 Å². The van der Waals surface area contributed by atoms with Crippen LogP contribution in [0.15, 0.2) is 0 Å². The second-order valence-electron chi connectivity index (χ2n) is 5.16. The van der Waals surface area contributed by atoms with E-state index in [2.05, 4.69) is 20.8 Å². The van der Waals surface area contributed by atoms with Gasteiger partial charge in [0.2, 0.25) is 0 Å². The average molecular weight is 184 g/mol. The molecule has 0 amide bonds. The minimum atomic E-state index is 0.362. The number of aliphatic hydroxyl groups is 1. The fraction of sp³-hybridized carbons (Fsp3) is 1.00. The lowest BCUT2D eigenvalue weighted by molar-refractivity contribution is 0.156. The Balaban J connectivity index is 2.29. The molecule has 0 aromatic heterocycles. The second kappa shape index (κ2) is 4.99. The predicted octanol–water partition coefficient (Wildman–Crippen LogP) is 3.08. The summed E-state index contributed by atoms with van der Waals surface area (Å²) in [6.45, 7) is 7.26. The van der Waals surface area contributed by atoms with E-state index in [0.29, 0.717) is 12.5 Å². The maximum Gasteiger partial charge on any atom is 0.0456 e. The summed E-state index contributed by atoms with van der Waals surface area (Å²) in [5, 5.41) is 8.98. The van der Waals surface area contributed by atoms with Gasteiger partial charge in [-0.1, -0.05) is 33.6 Å². The minimum absolute atomic E-state index is 0.362. The SMILES string of the molecule is CC(CO)CC1CCC(C)C(C)C1. The molecule has 0 aromatic rings. The van der Waals surface area contributed by atoms with Gasteiger partial charge in [0.25, 0.3) is 0 Å². The molecule has 78 valence electrons. The highest BCUT2D eigenvalue weighted by atomic mass is 16.3. The van der Waals surface area contributed by atoms with Gasteiger partial charge < -0.3 is 5.11 Å². The summed E-state index contributed by atoms with van der Waals surface area (Å²) < 4.78 is 0. The minimum Gasteiger partial charge on any atom is -0.396 e. The van der Waals surface area contributed by atoms with Crippen LogP contribution in [0.3, 0.4) is 0 Å². The monoisotopic (exact) mass is 184 g/mol. The molecule has 0 spiro atoms. The molecule has 4 atom stereocenters. The third-order valence-corrected chi connectivity index (χ3v) is 3.75.